The lowest BCUT2D eigenvalue weighted by atomic mass is 10.1. The van der Waals surface area contributed by atoms with Crippen molar-refractivity contribution in [3.8, 4) is 11.9 Å². The van der Waals surface area contributed by atoms with Crippen molar-refractivity contribution in [1.82, 2.24) is 15.5 Å². The van der Waals surface area contributed by atoms with Gasteiger partial charge in [-0.25, -0.2) is 4.79 Å². The molecule has 11 nitrogen and oxygen atoms in total. The number of aliphatic carboxylic acids is 1. The van der Waals surface area contributed by atoms with E-state index in [0.29, 0.717) is 30.3 Å². The summed E-state index contributed by atoms with van der Waals surface area (Å²) in [4.78, 5) is 30.0. The molecule has 1 fully saturated rings. The zero-order chi connectivity index (χ0) is 28.7. The molecular weight excluding hydrogens is 568 g/mol. The maximum Gasteiger partial charge on any atom is 0.328 e. The summed E-state index contributed by atoms with van der Waals surface area (Å²) in [7, 11) is -2.81. The summed E-state index contributed by atoms with van der Waals surface area (Å²) < 4.78 is 13.2. The van der Waals surface area contributed by atoms with Crippen LogP contribution in [0.1, 0.15) is 22.3 Å². The monoisotopic (exact) mass is 595 g/mol. The Bertz CT molecular complexity index is 1340. The van der Waals surface area contributed by atoms with E-state index in [1.54, 1.807) is 29.9 Å². The third-order valence-electron chi connectivity index (χ3n) is 6.22. The second kappa shape index (κ2) is 13.2. The lowest BCUT2D eigenvalue weighted by Gasteiger charge is -2.22. The van der Waals surface area contributed by atoms with Crippen molar-refractivity contribution >= 4 is 53.5 Å². The van der Waals surface area contributed by atoms with E-state index in [0.717, 1.165) is 0 Å². The van der Waals surface area contributed by atoms with Gasteiger partial charge in [0.2, 0.25) is 12.2 Å². The number of aliphatic hydroxyl groups excluding tert-OH is 1. The van der Waals surface area contributed by atoms with Crippen molar-refractivity contribution in [3.05, 3.63) is 57.6 Å². The average Bonchev–Trinajstić information content (AvgIpc) is 3.30. The molecule has 0 spiro atoms. The van der Waals surface area contributed by atoms with Gasteiger partial charge in [0.1, 0.15) is 18.9 Å². The number of carbonyl (C=O) groups excluding carboxylic acids is 1. The highest BCUT2D eigenvalue weighted by Gasteiger charge is 2.28. The molecule has 2 aromatic rings. The number of hydrogen-bond donors (Lipinski definition) is 5. The van der Waals surface area contributed by atoms with Crippen molar-refractivity contribution in [2.75, 3.05) is 32.5 Å². The Kier molecular flexibility index (Phi) is 10.2. The molecule has 0 aliphatic carbocycles. The third kappa shape index (κ3) is 8.10. The molecule has 0 saturated carbocycles. The van der Waals surface area contributed by atoms with Crippen LogP contribution in [0.3, 0.4) is 0 Å². The van der Waals surface area contributed by atoms with E-state index in [1.165, 1.54) is 24.3 Å². The molecule has 39 heavy (non-hydrogen) atoms. The predicted octanol–water partition coefficient (Wildman–Crippen LogP) is 2.24. The number of aliphatic hydroxyl groups is 1. The number of nitrogens with zero attached hydrogens (tertiary/aromatic N) is 3. The Morgan fingerprint density at radius 3 is 2.54 bits per heavy atom. The van der Waals surface area contributed by atoms with Gasteiger partial charge in [-0.3, -0.25) is 4.79 Å². The molecule has 1 saturated heterocycles. The number of amides is 1. The van der Waals surface area contributed by atoms with Gasteiger partial charge < -0.3 is 35.4 Å². The number of carboxylic acids is 1. The highest BCUT2D eigenvalue weighted by atomic mass is 35.5. The van der Waals surface area contributed by atoms with E-state index in [-0.39, 0.29) is 46.6 Å². The largest absolute Gasteiger partial charge is 0.508 e. The number of phenols is 1. The van der Waals surface area contributed by atoms with E-state index in [9.17, 15) is 29.5 Å². The second-order valence-corrected chi connectivity index (χ2v) is 13.2. The lowest BCUT2D eigenvalue weighted by molar-refractivity contribution is -0.139. The fraction of sp³-hybridized carbons (Fsp3) is 0.360. The van der Waals surface area contributed by atoms with Crippen LogP contribution in [0, 0.1) is 11.5 Å². The van der Waals surface area contributed by atoms with Gasteiger partial charge in [0.25, 0.3) is 5.91 Å². The number of β-amino-alcohol motifs (C(OH)–C–C–N with tert-alkyl or cyclic N) is 1. The number of nitriles is 1. The fourth-order valence-corrected chi connectivity index (χ4v) is 6.53. The summed E-state index contributed by atoms with van der Waals surface area (Å²) >= 11 is 12.7. The Balaban J connectivity index is 1.68. The number of aliphatic imine (C=N–C) groups is 1. The number of likely N-dealkylation sites (tertiary alicyclic amines) is 1. The normalized spacial score (nSPS) is 17.7. The summed E-state index contributed by atoms with van der Waals surface area (Å²) in [5.41, 5.74) is 0.514. The van der Waals surface area contributed by atoms with Crippen LogP contribution in [0.25, 0.3) is 0 Å². The number of phenolic OH excluding ortho intramolecular Hbond substituents is 1. The minimum Gasteiger partial charge on any atom is -0.508 e. The Labute approximate surface area is 235 Å². The molecule has 2 aromatic carbocycles. The summed E-state index contributed by atoms with van der Waals surface area (Å²) in [5, 5.41) is 43.7. The number of benzene rings is 2. The van der Waals surface area contributed by atoms with Crippen molar-refractivity contribution < 1.29 is 29.5 Å². The van der Waals surface area contributed by atoms with Crippen LogP contribution >= 0.6 is 30.3 Å². The Morgan fingerprint density at radius 2 is 1.97 bits per heavy atom. The van der Waals surface area contributed by atoms with Crippen molar-refractivity contribution in [3.63, 3.8) is 0 Å². The molecule has 14 heteroatoms. The molecule has 1 unspecified atom stereocenters. The first-order valence-electron chi connectivity index (χ1n) is 11.9. The zero-order valence-electron chi connectivity index (χ0n) is 21.0. The highest BCUT2D eigenvalue weighted by molar-refractivity contribution is 7.70. The maximum atomic E-state index is 13.2. The van der Waals surface area contributed by atoms with E-state index in [2.05, 4.69) is 15.6 Å². The van der Waals surface area contributed by atoms with Crippen molar-refractivity contribution in [2.45, 2.75) is 25.0 Å². The summed E-state index contributed by atoms with van der Waals surface area (Å²) in [5.74, 6) is -2.05. The van der Waals surface area contributed by atoms with Gasteiger partial charge in [0.05, 0.1) is 21.7 Å². The first kappa shape index (κ1) is 30.3. The number of guanidine groups is 1. The topological polar surface area (TPSA) is 175 Å². The molecule has 1 aliphatic rings. The van der Waals surface area contributed by atoms with Crippen molar-refractivity contribution in [2.24, 2.45) is 4.99 Å². The molecule has 0 radical (unpaired) electrons. The standard InChI is InChI=1S/C25H28Cl2N5O6P/c1-39(38,18-4-2-3-16(33)11-18)8-6-15-9-19(26)22(20(27)10-15)23(35)31-21(24(36)37)12-29-25(30-14-28)32-7-5-17(34)13-32/h2-4,9-11,17,21,33-34H,5-8,12-13H2,1H3,(H,29,30)(H,31,35)(H,36,37)/t17-,21+,39?/m1/s1. The number of nitrogens with one attached hydrogen (secondary N) is 2. The van der Waals surface area contributed by atoms with Gasteiger partial charge in [-0.05, 0) is 49.3 Å². The van der Waals surface area contributed by atoms with Gasteiger partial charge in [0, 0.05) is 31.1 Å². The van der Waals surface area contributed by atoms with E-state index < -0.39 is 31.2 Å². The quantitative estimate of drug-likeness (QED) is 0.126. The van der Waals surface area contributed by atoms with E-state index in [1.807, 2.05) is 0 Å². The summed E-state index contributed by atoms with van der Waals surface area (Å²) in [6.07, 6.45) is 2.12. The second-order valence-electron chi connectivity index (χ2n) is 9.20. The molecule has 3 rings (SSSR count). The van der Waals surface area contributed by atoms with Crippen LogP contribution < -0.4 is 15.9 Å². The zero-order valence-corrected chi connectivity index (χ0v) is 23.4. The van der Waals surface area contributed by atoms with E-state index >= 15 is 0 Å². The van der Waals surface area contributed by atoms with Gasteiger partial charge in [0.15, 0.2) is 0 Å². The van der Waals surface area contributed by atoms with Crippen LogP contribution in [0.15, 0.2) is 41.4 Å². The summed E-state index contributed by atoms with van der Waals surface area (Å²) in [6.45, 7) is 1.97. The molecule has 3 atom stereocenters. The first-order valence-corrected chi connectivity index (χ1v) is 15.0. The predicted molar refractivity (Wildman–Crippen MR) is 148 cm³/mol. The first-order chi connectivity index (χ1) is 18.4. The van der Waals surface area contributed by atoms with E-state index in [4.69, 9.17) is 28.5 Å². The SMILES string of the molecule is CP(=O)(CCc1cc(Cl)c(C(=O)N[C@@H](CN/C(=N/C#N)N2CC[C@@H](O)C2)C(=O)O)c(Cl)c1)c1cccc(O)c1. The van der Waals surface area contributed by atoms with Gasteiger partial charge in [-0.1, -0.05) is 35.3 Å². The highest BCUT2D eigenvalue weighted by Crippen LogP contribution is 2.41. The third-order valence-corrected chi connectivity index (χ3v) is 9.26. The molecule has 0 bridgehead atoms. The minimum absolute atomic E-state index is 0.00632. The molecule has 1 amide bonds. The number of carbonyl (C=O) groups is 2. The van der Waals surface area contributed by atoms with Crippen LogP contribution in [0.5, 0.6) is 5.75 Å². The van der Waals surface area contributed by atoms with Gasteiger partial charge in [-0.15, -0.1) is 4.99 Å². The van der Waals surface area contributed by atoms with Crippen LogP contribution in [0.4, 0.5) is 0 Å². The maximum absolute atomic E-state index is 13.2. The Morgan fingerprint density at radius 1 is 1.28 bits per heavy atom. The van der Waals surface area contributed by atoms with Crippen LogP contribution in [-0.4, -0.2) is 82.7 Å². The number of aromatic hydroxyl groups is 1. The number of halogens is 2. The number of aryl methyl sites for hydroxylation is 1. The van der Waals surface area contributed by atoms with Crippen LogP contribution in [-0.2, 0) is 15.8 Å². The molecule has 1 heterocycles. The Hall–Kier alpha value is -3.29. The van der Waals surface area contributed by atoms with Crippen molar-refractivity contribution in [1.29, 1.82) is 5.26 Å². The van der Waals surface area contributed by atoms with Gasteiger partial charge >= 0.3 is 5.97 Å². The molecule has 1 aliphatic heterocycles. The number of carboxylic acid groups (broad SMARTS) is 1. The van der Waals surface area contributed by atoms with Crippen LogP contribution in [0.2, 0.25) is 10.0 Å². The number of rotatable bonds is 9. The smallest absolute Gasteiger partial charge is 0.328 e. The number of hydrogen-bond acceptors (Lipinski definition) is 7. The molecule has 208 valence electrons. The fourth-order valence-electron chi connectivity index (χ4n) is 4.07. The minimum atomic E-state index is -2.81. The molecule has 5 N–H and O–H groups in total. The average molecular weight is 596 g/mol. The lowest BCUT2D eigenvalue weighted by Crippen LogP contribution is -2.51. The van der Waals surface area contributed by atoms with Gasteiger partial charge in [-0.2, -0.15) is 5.26 Å². The summed E-state index contributed by atoms with van der Waals surface area (Å²) in [6, 6.07) is 7.86. The molecular formula is C25H28Cl2N5O6P. The molecule has 0 aromatic heterocycles.